The maximum atomic E-state index is 4.32. The van der Waals surface area contributed by atoms with Crippen molar-refractivity contribution in [3.05, 3.63) is 30.1 Å². The minimum absolute atomic E-state index is 0.852. The molecule has 0 aromatic carbocycles. The smallest absolute Gasteiger partial charge is 0.190 e. The van der Waals surface area contributed by atoms with Gasteiger partial charge in [0.15, 0.2) is 5.96 Å². The van der Waals surface area contributed by atoms with Crippen molar-refractivity contribution in [3.8, 4) is 0 Å². The molecule has 5 nitrogen and oxygen atoms in total. The van der Waals surface area contributed by atoms with Gasteiger partial charge in [0.05, 0.1) is 0 Å². The Kier molecular flexibility index (Phi) is 7.74. The number of nitrogens with one attached hydrogen (secondary N) is 2. The van der Waals surface area contributed by atoms with Crippen molar-refractivity contribution in [2.24, 2.45) is 4.99 Å². The van der Waals surface area contributed by atoms with Gasteiger partial charge in [-0.15, -0.1) is 0 Å². The first-order valence-electron chi connectivity index (χ1n) is 8.45. The van der Waals surface area contributed by atoms with E-state index in [4.69, 9.17) is 0 Å². The molecule has 1 saturated heterocycles. The summed E-state index contributed by atoms with van der Waals surface area (Å²) in [6.07, 6.45) is 7.96. The first-order chi connectivity index (χ1) is 10.9. The van der Waals surface area contributed by atoms with E-state index in [-0.39, 0.29) is 0 Å². The molecule has 0 spiro atoms. The van der Waals surface area contributed by atoms with Gasteiger partial charge in [0, 0.05) is 38.4 Å². The van der Waals surface area contributed by atoms with Gasteiger partial charge in [-0.1, -0.05) is 6.07 Å². The van der Waals surface area contributed by atoms with Crippen LogP contribution in [0, 0.1) is 0 Å². The molecule has 2 N–H and O–H groups in total. The van der Waals surface area contributed by atoms with Crippen LogP contribution in [-0.2, 0) is 6.42 Å². The molecule has 0 amide bonds. The first-order valence-corrected chi connectivity index (χ1v) is 8.45. The van der Waals surface area contributed by atoms with Crippen molar-refractivity contribution in [2.45, 2.75) is 32.1 Å². The van der Waals surface area contributed by atoms with Gasteiger partial charge in [-0.05, 0) is 57.5 Å². The molecule has 1 aromatic heterocycles. The standard InChI is InChI=1S/C17H29N5/c1-18-17(21-12-9-16-8-2-3-10-19-16)20-11-4-5-13-22-14-6-7-15-22/h2-3,8,10H,4-7,9,11-15H2,1H3,(H2,18,20,21). The molecule has 1 fully saturated rings. The van der Waals surface area contributed by atoms with Crippen molar-refractivity contribution in [1.29, 1.82) is 0 Å². The van der Waals surface area contributed by atoms with E-state index < -0.39 is 0 Å². The predicted octanol–water partition coefficient (Wildman–Crippen LogP) is 1.67. The summed E-state index contributed by atoms with van der Waals surface area (Å²) in [4.78, 5) is 11.1. The van der Waals surface area contributed by atoms with E-state index in [0.717, 1.165) is 31.2 Å². The van der Waals surface area contributed by atoms with Gasteiger partial charge in [0.1, 0.15) is 0 Å². The highest BCUT2D eigenvalue weighted by atomic mass is 15.2. The summed E-state index contributed by atoms with van der Waals surface area (Å²) >= 11 is 0. The highest BCUT2D eigenvalue weighted by Crippen LogP contribution is 2.07. The molecule has 0 bridgehead atoms. The molecule has 0 radical (unpaired) electrons. The monoisotopic (exact) mass is 303 g/mol. The third-order valence-electron chi connectivity index (χ3n) is 4.02. The summed E-state index contributed by atoms with van der Waals surface area (Å²) in [6, 6.07) is 6.02. The zero-order valence-electron chi connectivity index (χ0n) is 13.7. The maximum absolute atomic E-state index is 4.32. The Morgan fingerprint density at radius 3 is 2.73 bits per heavy atom. The fourth-order valence-corrected chi connectivity index (χ4v) is 2.75. The SMILES string of the molecule is CN=C(NCCCCN1CCCC1)NCCc1ccccn1. The molecule has 1 aromatic rings. The third-order valence-corrected chi connectivity index (χ3v) is 4.02. The number of aromatic nitrogens is 1. The second-order valence-electron chi connectivity index (χ2n) is 5.75. The number of hydrogen-bond donors (Lipinski definition) is 2. The number of hydrogen-bond acceptors (Lipinski definition) is 3. The van der Waals surface area contributed by atoms with Crippen LogP contribution in [0.4, 0.5) is 0 Å². The summed E-state index contributed by atoms with van der Waals surface area (Å²) in [5.41, 5.74) is 1.11. The molecule has 22 heavy (non-hydrogen) atoms. The highest BCUT2D eigenvalue weighted by Gasteiger charge is 2.09. The Bertz CT molecular complexity index is 426. The van der Waals surface area contributed by atoms with Crippen molar-refractivity contribution < 1.29 is 0 Å². The topological polar surface area (TPSA) is 52.6 Å². The number of unbranched alkanes of at least 4 members (excludes halogenated alkanes) is 1. The molecule has 2 heterocycles. The number of guanidine groups is 1. The van der Waals surface area contributed by atoms with E-state index in [0.29, 0.717) is 0 Å². The molecule has 2 rings (SSSR count). The minimum atomic E-state index is 0.852. The molecular weight excluding hydrogens is 274 g/mol. The fraction of sp³-hybridized carbons (Fsp3) is 0.647. The van der Waals surface area contributed by atoms with E-state index in [1.165, 1.54) is 45.3 Å². The molecule has 5 heteroatoms. The molecule has 0 aliphatic carbocycles. The van der Waals surface area contributed by atoms with Crippen molar-refractivity contribution in [3.63, 3.8) is 0 Å². The number of pyridine rings is 1. The fourth-order valence-electron chi connectivity index (χ4n) is 2.75. The molecule has 0 saturated carbocycles. The van der Waals surface area contributed by atoms with Gasteiger partial charge in [-0.2, -0.15) is 0 Å². The Morgan fingerprint density at radius 2 is 2.00 bits per heavy atom. The largest absolute Gasteiger partial charge is 0.356 e. The minimum Gasteiger partial charge on any atom is -0.356 e. The van der Waals surface area contributed by atoms with Crippen LogP contribution < -0.4 is 10.6 Å². The van der Waals surface area contributed by atoms with Crippen molar-refractivity contribution >= 4 is 5.96 Å². The third kappa shape index (κ3) is 6.43. The molecular formula is C17H29N5. The Hall–Kier alpha value is -1.62. The lowest BCUT2D eigenvalue weighted by Crippen LogP contribution is -2.39. The van der Waals surface area contributed by atoms with Crippen LogP contribution in [0.3, 0.4) is 0 Å². The highest BCUT2D eigenvalue weighted by molar-refractivity contribution is 5.79. The van der Waals surface area contributed by atoms with Crippen molar-refractivity contribution in [1.82, 2.24) is 20.5 Å². The lowest BCUT2D eigenvalue weighted by molar-refractivity contribution is 0.330. The van der Waals surface area contributed by atoms with Crippen LogP contribution in [0.1, 0.15) is 31.4 Å². The summed E-state index contributed by atoms with van der Waals surface area (Å²) in [7, 11) is 1.82. The van der Waals surface area contributed by atoms with E-state index in [1.807, 2.05) is 25.4 Å². The lowest BCUT2D eigenvalue weighted by atomic mass is 10.3. The number of rotatable bonds is 8. The van der Waals surface area contributed by atoms with Gasteiger partial charge in [-0.3, -0.25) is 9.98 Å². The number of aliphatic imine (C=N–C) groups is 1. The van der Waals surface area contributed by atoms with Crippen LogP contribution in [0.25, 0.3) is 0 Å². The molecule has 122 valence electrons. The molecule has 0 atom stereocenters. The van der Waals surface area contributed by atoms with Crippen LogP contribution in [0.15, 0.2) is 29.4 Å². The Morgan fingerprint density at radius 1 is 1.18 bits per heavy atom. The van der Waals surface area contributed by atoms with Gasteiger partial charge >= 0.3 is 0 Å². The van der Waals surface area contributed by atoms with Gasteiger partial charge < -0.3 is 15.5 Å². The zero-order valence-corrected chi connectivity index (χ0v) is 13.7. The van der Waals surface area contributed by atoms with Crippen LogP contribution in [-0.4, -0.2) is 55.6 Å². The Balaban J connectivity index is 1.51. The lowest BCUT2D eigenvalue weighted by Gasteiger charge is -2.15. The normalized spacial score (nSPS) is 16.0. The summed E-state index contributed by atoms with van der Waals surface area (Å²) in [6.45, 7) is 5.67. The zero-order chi connectivity index (χ0) is 15.5. The van der Waals surface area contributed by atoms with E-state index in [1.54, 1.807) is 0 Å². The summed E-state index contributed by atoms with van der Waals surface area (Å²) < 4.78 is 0. The second-order valence-corrected chi connectivity index (χ2v) is 5.75. The molecule has 1 aliphatic rings. The maximum Gasteiger partial charge on any atom is 0.190 e. The van der Waals surface area contributed by atoms with E-state index in [2.05, 4.69) is 31.6 Å². The predicted molar refractivity (Wildman–Crippen MR) is 92.2 cm³/mol. The summed E-state index contributed by atoms with van der Waals surface area (Å²) in [5, 5.41) is 6.72. The molecule has 1 aliphatic heterocycles. The van der Waals surface area contributed by atoms with E-state index >= 15 is 0 Å². The second kappa shape index (κ2) is 10.2. The number of likely N-dealkylation sites (tertiary alicyclic amines) is 1. The first kappa shape index (κ1) is 16.7. The van der Waals surface area contributed by atoms with Gasteiger partial charge in [0.2, 0.25) is 0 Å². The number of nitrogens with zero attached hydrogens (tertiary/aromatic N) is 3. The van der Waals surface area contributed by atoms with Crippen molar-refractivity contribution in [2.75, 3.05) is 39.8 Å². The van der Waals surface area contributed by atoms with Crippen LogP contribution in [0.2, 0.25) is 0 Å². The average Bonchev–Trinajstić information content (AvgIpc) is 3.07. The molecule has 0 unspecified atom stereocenters. The van der Waals surface area contributed by atoms with Gasteiger partial charge in [-0.25, -0.2) is 0 Å². The van der Waals surface area contributed by atoms with Crippen LogP contribution >= 0.6 is 0 Å². The van der Waals surface area contributed by atoms with Crippen LogP contribution in [0.5, 0.6) is 0 Å². The van der Waals surface area contributed by atoms with E-state index in [9.17, 15) is 0 Å². The summed E-state index contributed by atoms with van der Waals surface area (Å²) in [5.74, 6) is 0.886. The Labute approximate surface area is 134 Å². The van der Waals surface area contributed by atoms with Gasteiger partial charge in [0.25, 0.3) is 0 Å². The average molecular weight is 303 g/mol. The quantitative estimate of drug-likeness (QED) is 0.436.